The number of hydrogen-bond acceptors (Lipinski definition) is 7. The highest BCUT2D eigenvalue weighted by Crippen LogP contribution is 2.45. The van der Waals surface area contributed by atoms with Crippen LogP contribution in [0.4, 0.5) is 4.79 Å². The molecule has 0 aromatic rings. The molecule has 2 rings (SSSR count). The smallest absolute Gasteiger partial charge is 0.407 e. The molecule has 2 fully saturated rings. The number of methoxy groups -OCH3 is 1. The van der Waals surface area contributed by atoms with Gasteiger partial charge in [0.2, 0.25) is 0 Å². The van der Waals surface area contributed by atoms with Gasteiger partial charge in [0.05, 0.1) is 18.8 Å². The lowest BCUT2D eigenvalue weighted by Gasteiger charge is -2.51. The van der Waals surface area contributed by atoms with Crippen LogP contribution in [0.2, 0.25) is 11.1 Å². The minimum absolute atomic E-state index is 0.0885. The van der Waals surface area contributed by atoms with E-state index < -0.39 is 20.3 Å². The van der Waals surface area contributed by atoms with Crippen LogP contribution in [0, 0.1) is 5.92 Å². The summed E-state index contributed by atoms with van der Waals surface area (Å²) >= 11 is 2.01. The van der Waals surface area contributed by atoms with E-state index in [-0.39, 0.29) is 35.3 Å². The van der Waals surface area contributed by atoms with Gasteiger partial charge in [0.1, 0.15) is 11.7 Å². The second-order valence-electron chi connectivity index (χ2n) is 11.2. The van der Waals surface area contributed by atoms with Gasteiger partial charge >= 0.3 is 6.09 Å². The zero-order valence-corrected chi connectivity index (χ0v) is 24.1. The number of carbonyl (C=O) groups is 1. The number of carbonyl (C=O) groups excluding carboxylic acids is 1. The van der Waals surface area contributed by atoms with Gasteiger partial charge in [-0.3, -0.25) is 4.89 Å². The molecule has 1 saturated carbocycles. The minimum atomic E-state index is -2.73. The molecule has 33 heavy (non-hydrogen) atoms. The van der Waals surface area contributed by atoms with Crippen molar-refractivity contribution in [3.05, 3.63) is 0 Å². The maximum Gasteiger partial charge on any atom is 0.407 e. The van der Waals surface area contributed by atoms with E-state index in [4.69, 9.17) is 23.4 Å². The Balaban J connectivity index is 2.15. The Morgan fingerprint density at radius 3 is 2.36 bits per heavy atom. The van der Waals surface area contributed by atoms with Crippen molar-refractivity contribution >= 4 is 26.4 Å². The average Bonchev–Trinajstić information content (AvgIpc) is 2.85. The molecule has 7 atom stereocenters. The van der Waals surface area contributed by atoms with Crippen LogP contribution in [0.3, 0.4) is 0 Å². The van der Waals surface area contributed by atoms with Gasteiger partial charge in [-0.2, -0.15) is 11.8 Å². The second kappa shape index (κ2) is 12.1. The van der Waals surface area contributed by atoms with Gasteiger partial charge in [0, 0.05) is 18.3 Å². The van der Waals surface area contributed by atoms with Crippen molar-refractivity contribution in [1.29, 1.82) is 0 Å². The summed E-state index contributed by atoms with van der Waals surface area (Å²) in [6.45, 7) is 19.4. The third-order valence-corrected chi connectivity index (χ3v) is 12.0. The van der Waals surface area contributed by atoms with Crippen LogP contribution >= 0.6 is 11.8 Å². The number of thioether (sulfide) groups is 1. The van der Waals surface area contributed by atoms with E-state index in [2.05, 4.69) is 46.9 Å². The summed E-state index contributed by atoms with van der Waals surface area (Å²) in [4.78, 5) is 18.3. The van der Waals surface area contributed by atoms with Crippen LogP contribution in [0.15, 0.2) is 0 Å². The van der Waals surface area contributed by atoms with Gasteiger partial charge < -0.3 is 23.8 Å². The lowest BCUT2D eigenvalue weighted by Crippen LogP contribution is -2.54. The van der Waals surface area contributed by atoms with E-state index in [0.29, 0.717) is 23.5 Å². The van der Waals surface area contributed by atoms with Crippen LogP contribution in [0.25, 0.3) is 0 Å². The van der Waals surface area contributed by atoms with Crippen LogP contribution in [-0.4, -0.2) is 62.7 Å². The molecule has 1 amide bonds. The molecule has 0 spiro atoms. The number of alkyl carbamates (subject to hydrolysis) is 1. The Morgan fingerprint density at radius 2 is 1.82 bits per heavy atom. The van der Waals surface area contributed by atoms with Crippen LogP contribution in [-0.2, 0) is 23.4 Å². The first-order valence-corrected chi connectivity index (χ1v) is 15.4. The van der Waals surface area contributed by atoms with Gasteiger partial charge in [-0.05, 0) is 38.9 Å². The Hall–Kier alpha value is -0.323. The molecule has 195 valence electrons. The zero-order valence-electron chi connectivity index (χ0n) is 22.3. The maximum atomic E-state index is 12.4. The highest BCUT2D eigenvalue weighted by molar-refractivity contribution is 8.00. The summed E-state index contributed by atoms with van der Waals surface area (Å²) in [7, 11) is -1.05. The van der Waals surface area contributed by atoms with E-state index in [1.54, 1.807) is 7.11 Å². The monoisotopic (exact) mass is 505 g/mol. The third-order valence-electron chi connectivity index (χ3n) is 6.51. The van der Waals surface area contributed by atoms with Crippen molar-refractivity contribution in [2.75, 3.05) is 13.7 Å². The summed E-state index contributed by atoms with van der Waals surface area (Å²) in [6, 6.07) is -0.196. The largest absolute Gasteiger partial charge is 0.539 e. The number of ether oxygens (including phenoxy) is 2. The summed E-state index contributed by atoms with van der Waals surface area (Å²) in [6.07, 6.45) is 1.95. The molecule has 1 saturated heterocycles. The SMILES string of the molecule is CO[C@@H]1[C@@H]2O[Si-](C(C)C)(C(C)CCC(C)SC(C)C)OOC[C@H]2C[C@H]1NC(=O)OC(C)(C)C. The molecule has 2 aliphatic rings. The molecule has 0 aromatic carbocycles. The maximum absolute atomic E-state index is 12.4. The topological polar surface area (TPSA) is 75.3 Å². The van der Waals surface area contributed by atoms with E-state index in [1.165, 1.54) is 0 Å². The first-order chi connectivity index (χ1) is 15.3. The molecular weight excluding hydrogens is 458 g/mol. The Kier molecular flexibility index (Phi) is 10.6. The Morgan fingerprint density at radius 1 is 1.15 bits per heavy atom. The van der Waals surface area contributed by atoms with Crippen molar-refractivity contribution in [1.82, 2.24) is 5.32 Å². The van der Waals surface area contributed by atoms with Crippen molar-refractivity contribution in [2.45, 2.75) is 127 Å². The van der Waals surface area contributed by atoms with Gasteiger partial charge in [0.15, 0.2) is 8.56 Å². The lowest BCUT2D eigenvalue weighted by molar-refractivity contribution is -0.231. The van der Waals surface area contributed by atoms with Gasteiger partial charge in [0.25, 0.3) is 0 Å². The first kappa shape index (κ1) is 28.9. The fraction of sp³-hybridized carbons (Fsp3) is 0.958. The average molecular weight is 506 g/mol. The third kappa shape index (κ3) is 7.83. The van der Waals surface area contributed by atoms with Gasteiger partial charge in [-0.25, -0.2) is 4.79 Å². The highest BCUT2D eigenvalue weighted by Gasteiger charge is 2.50. The second-order valence-corrected chi connectivity index (χ2v) is 17.3. The highest BCUT2D eigenvalue weighted by atomic mass is 32.2. The van der Waals surface area contributed by atoms with E-state index >= 15 is 0 Å². The number of nitrogens with one attached hydrogen (secondary N) is 1. The van der Waals surface area contributed by atoms with Crippen LogP contribution < -0.4 is 5.32 Å². The summed E-state index contributed by atoms with van der Waals surface area (Å²) < 4.78 is 24.5. The molecule has 9 heteroatoms. The number of fused-ring (bicyclic) bond motifs is 1. The van der Waals surface area contributed by atoms with E-state index in [0.717, 1.165) is 12.8 Å². The number of amides is 1. The first-order valence-electron chi connectivity index (χ1n) is 12.4. The fourth-order valence-electron chi connectivity index (χ4n) is 4.98. The molecular formula is C24H47NO6SSi-. The van der Waals surface area contributed by atoms with E-state index in [9.17, 15) is 4.79 Å². The molecule has 1 heterocycles. The summed E-state index contributed by atoms with van der Waals surface area (Å²) in [5.74, 6) is 0.0885. The zero-order chi connectivity index (χ0) is 25.0. The van der Waals surface area contributed by atoms with Crippen molar-refractivity contribution in [2.24, 2.45) is 5.92 Å². The van der Waals surface area contributed by atoms with Crippen molar-refractivity contribution < 1.29 is 28.2 Å². The molecule has 1 aliphatic heterocycles. The molecule has 0 radical (unpaired) electrons. The molecule has 0 bridgehead atoms. The number of hydrogen-bond donors (Lipinski definition) is 1. The molecule has 7 nitrogen and oxygen atoms in total. The Bertz CT molecular complexity index is 631. The summed E-state index contributed by atoms with van der Waals surface area (Å²) in [5, 5.41) is 4.22. The van der Waals surface area contributed by atoms with Gasteiger partial charge in [-0.1, -0.05) is 53.5 Å². The van der Waals surface area contributed by atoms with Gasteiger partial charge in [-0.15, -0.1) is 5.54 Å². The van der Waals surface area contributed by atoms with Crippen LogP contribution in [0.1, 0.15) is 81.6 Å². The summed E-state index contributed by atoms with van der Waals surface area (Å²) in [5.41, 5.74) is -0.0696. The fourth-order valence-corrected chi connectivity index (χ4v) is 9.79. The molecule has 3 unspecified atom stereocenters. The molecule has 1 N–H and O–H groups in total. The number of rotatable bonds is 9. The van der Waals surface area contributed by atoms with Crippen molar-refractivity contribution in [3.8, 4) is 0 Å². The molecule has 1 aliphatic carbocycles. The van der Waals surface area contributed by atoms with Crippen molar-refractivity contribution in [3.63, 3.8) is 0 Å². The predicted molar refractivity (Wildman–Crippen MR) is 136 cm³/mol. The quantitative estimate of drug-likeness (QED) is 0.313. The minimum Gasteiger partial charge on any atom is -0.539 e. The Labute approximate surface area is 206 Å². The normalized spacial score (nSPS) is 32.4. The van der Waals surface area contributed by atoms with E-state index in [1.807, 2.05) is 32.5 Å². The molecule has 0 aromatic heterocycles. The predicted octanol–water partition coefficient (Wildman–Crippen LogP) is 5.81. The van der Waals surface area contributed by atoms with Crippen LogP contribution in [0.5, 0.6) is 0 Å². The standard InChI is InChI=1S/C24H47NO6SSi/c1-15(2)32-17(5)11-12-18(6)33(16(3)4)30-21-19(14-28-31-33)13-20(22(21)27-10)25-23(26)29-24(7,8)9/h15-22H,11-14H2,1-10H3,(H,25,26)/q-1/t17?,18?,19-,20-,21-,22+/m1/s1. The lowest BCUT2D eigenvalue weighted by atomic mass is 10.1.